The van der Waals surface area contributed by atoms with Gasteiger partial charge in [0.25, 0.3) is 0 Å². The summed E-state index contributed by atoms with van der Waals surface area (Å²) in [5.41, 5.74) is 1.37. The van der Waals surface area contributed by atoms with Crippen molar-refractivity contribution in [3.05, 3.63) is 63.2 Å². The zero-order chi connectivity index (χ0) is 27.4. The molecule has 7 nitrogen and oxygen atoms in total. The third kappa shape index (κ3) is 9.30. The lowest BCUT2D eigenvalue weighted by Crippen LogP contribution is -2.26. The Bertz CT molecular complexity index is 1100. The van der Waals surface area contributed by atoms with Crippen LogP contribution in [0.4, 0.5) is 4.79 Å². The Balaban J connectivity index is 1.99. The van der Waals surface area contributed by atoms with Crippen molar-refractivity contribution in [2.75, 3.05) is 7.11 Å². The number of hydrogen-bond donors (Lipinski definition) is 1. The van der Waals surface area contributed by atoms with Crippen molar-refractivity contribution in [1.29, 1.82) is 0 Å². The molecule has 0 saturated heterocycles. The van der Waals surface area contributed by atoms with E-state index in [0.717, 1.165) is 12.0 Å². The lowest BCUT2D eigenvalue weighted by molar-refractivity contribution is 0.0885. The Morgan fingerprint density at radius 2 is 1.76 bits per heavy atom. The molecule has 0 aliphatic rings. The van der Waals surface area contributed by atoms with Gasteiger partial charge in [-0.25, -0.2) is 9.59 Å². The molecule has 3 unspecified atom stereocenters. The summed E-state index contributed by atoms with van der Waals surface area (Å²) in [4.78, 5) is 40.5. The van der Waals surface area contributed by atoms with Gasteiger partial charge < -0.3 is 14.3 Å². The molecule has 7 heteroatoms. The van der Waals surface area contributed by atoms with E-state index in [0.29, 0.717) is 31.4 Å². The molecule has 202 valence electrons. The second-order valence-corrected chi connectivity index (χ2v) is 9.92. The molecule has 0 fully saturated rings. The van der Waals surface area contributed by atoms with Gasteiger partial charge in [-0.05, 0) is 55.6 Å². The lowest BCUT2D eigenvalue weighted by Gasteiger charge is -2.19. The molecule has 0 radical (unpaired) electrons. The van der Waals surface area contributed by atoms with Gasteiger partial charge in [0.1, 0.15) is 17.1 Å². The Hall–Kier alpha value is -3.22. The number of carbonyl (C=O) groups is 2. The first-order valence-corrected chi connectivity index (χ1v) is 13.3. The van der Waals surface area contributed by atoms with Gasteiger partial charge in [0, 0.05) is 24.1 Å². The first kappa shape index (κ1) is 30.0. The van der Waals surface area contributed by atoms with Gasteiger partial charge in [-0.15, -0.1) is 0 Å². The standard InChI is InChI=1S/C30H41NO6/c1-6-7-8-12-23-13-15-24(16-14-23)18-21(3)22(4)28(33)27-25(32)19-26(37-29(27)34)20(2)11-9-10-17-31-30(35)36-5/h13-17,19-22,32H,6-12,18H2,1-5H3. The van der Waals surface area contributed by atoms with Crippen molar-refractivity contribution in [3.63, 3.8) is 0 Å². The topological polar surface area (TPSA) is 106 Å². The van der Waals surface area contributed by atoms with Crippen LogP contribution in [0.3, 0.4) is 0 Å². The summed E-state index contributed by atoms with van der Waals surface area (Å²) in [6, 6.07) is 9.89. The quantitative estimate of drug-likeness (QED) is 0.168. The third-order valence-corrected chi connectivity index (χ3v) is 6.94. The number of ether oxygens (including phenoxy) is 1. The summed E-state index contributed by atoms with van der Waals surface area (Å²) >= 11 is 0. The number of amides is 1. The van der Waals surface area contributed by atoms with Crippen LogP contribution < -0.4 is 5.63 Å². The molecule has 2 aromatic rings. The van der Waals surface area contributed by atoms with E-state index in [2.05, 4.69) is 40.9 Å². The molecule has 37 heavy (non-hydrogen) atoms. The minimum atomic E-state index is -0.811. The average Bonchev–Trinajstić information content (AvgIpc) is 2.88. The predicted octanol–water partition coefficient (Wildman–Crippen LogP) is 6.89. The molecule has 3 atom stereocenters. The molecular formula is C30H41NO6. The highest BCUT2D eigenvalue weighted by molar-refractivity contribution is 5.99. The van der Waals surface area contributed by atoms with Crippen molar-refractivity contribution < 1.29 is 23.8 Å². The smallest absolute Gasteiger partial charge is 0.432 e. The van der Waals surface area contributed by atoms with Crippen molar-refractivity contribution in [2.45, 2.75) is 85.0 Å². The highest BCUT2D eigenvalue weighted by Gasteiger charge is 2.28. The third-order valence-electron chi connectivity index (χ3n) is 6.94. The van der Waals surface area contributed by atoms with Crippen LogP contribution in [0.5, 0.6) is 5.75 Å². The van der Waals surface area contributed by atoms with Crippen LogP contribution in [0.25, 0.3) is 0 Å². The Labute approximate surface area is 220 Å². The molecule has 0 bridgehead atoms. The first-order chi connectivity index (χ1) is 17.7. The van der Waals surface area contributed by atoms with E-state index in [9.17, 15) is 19.5 Å². The maximum absolute atomic E-state index is 13.2. The molecule has 0 aliphatic carbocycles. The van der Waals surface area contributed by atoms with E-state index in [1.54, 1.807) is 6.92 Å². The number of hydrogen-bond acceptors (Lipinski definition) is 6. The van der Waals surface area contributed by atoms with Gasteiger partial charge in [0.15, 0.2) is 5.78 Å². The monoisotopic (exact) mass is 511 g/mol. The van der Waals surface area contributed by atoms with E-state index in [4.69, 9.17) is 4.42 Å². The average molecular weight is 512 g/mol. The van der Waals surface area contributed by atoms with Gasteiger partial charge in [-0.3, -0.25) is 4.79 Å². The summed E-state index contributed by atoms with van der Waals surface area (Å²) in [6.07, 6.45) is 8.13. The van der Waals surface area contributed by atoms with Gasteiger partial charge in [0.2, 0.25) is 0 Å². The second kappa shape index (κ2) is 15.1. The Morgan fingerprint density at radius 1 is 1.08 bits per heavy atom. The van der Waals surface area contributed by atoms with Crippen LogP contribution in [0.15, 0.2) is 44.5 Å². The van der Waals surface area contributed by atoms with Gasteiger partial charge >= 0.3 is 11.7 Å². The number of aliphatic imine (C=N–C) groups is 1. The van der Waals surface area contributed by atoms with E-state index < -0.39 is 23.4 Å². The number of nitrogens with zero attached hydrogens (tertiary/aromatic N) is 1. The first-order valence-electron chi connectivity index (χ1n) is 13.3. The van der Waals surface area contributed by atoms with Crippen LogP contribution in [0.1, 0.15) is 99.4 Å². The molecule has 1 aromatic carbocycles. The number of carbonyl (C=O) groups excluding carboxylic acids is 2. The SMILES string of the molecule is CCCCCc1ccc(CC(C)C(C)C(=O)c2c(O)cc(C(C)CCCC=NC(=O)OC)oc2=O)cc1. The molecule has 0 spiro atoms. The molecule has 1 N–H and O–H groups in total. The van der Waals surface area contributed by atoms with E-state index >= 15 is 0 Å². The number of Topliss-reactive ketones (excluding diaryl/α,β-unsaturated/α-hetero) is 1. The van der Waals surface area contributed by atoms with Crippen LogP contribution >= 0.6 is 0 Å². The molecule has 1 amide bonds. The summed E-state index contributed by atoms with van der Waals surface area (Å²) in [7, 11) is 1.26. The lowest BCUT2D eigenvalue weighted by atomic mass is 9.84. The molecule has 0 saturated carbocycles. The fourth-order valence-electron chi connectivity index (χ4n) is 4.27. The molecule has 1 heterocycles. The largest absolute Gasteiger partial charge is 0.507 e. The fourth-order valence-corrected chi connectivity index (χ4v) is 4.27. The molecular weight excluding hydrogens is 470 g/mol. The van der Waals surface area contributed by atoms with Crippen molar-refractivity contribution >= 4 is 18.1 Å². The summed E-state index contributed by atoms with van der Waals surface area (Å²) < 4.78 is 9.88. The number of ketones is 1. The number of rotatable bonds is 14. The van der Waals surface area contributed by atoms with E-state index in [-0.39, 0.29) is 23.1 Å². The van der Waals surface area contributed by atoms with Crippen molar-refractivity contribution in [2.24, 2.45) is 16.8 Å². The van der Waals surface area contributed by atoms with Crippen LogP contribution in [-0.2, 0) is 17.6 Å². The maximum atomic E-state index is 13.2. The Morgan fingerprint density at radius 3 is 2.38 bits per heavy atom. The van der Waals surface area contributed by atoms with Crippen LogP contribution in [-0.4, -0.2) is 30.3 Å². The number of aryl methyl sites for hydroxylation is 1. The summed E-state index contributed by atoms with van der Waals surface area (Å²) in [6.45, 7) is 7.84. The van der Waals surface area contributed by atoms with E-state index in [1.165, 1.54) is 44.2 Å². The molecule has 0 aliphatic heterocycles. The predicted molar refractivity (Wildman–Crippen MR) is 146 cm³/mol. The summed E-state index contributed by atoms with van der Waals surface area (Å²) in [5.74, 6) is -1.07. The zero-order valence-electron chi connectivity index (χ0n) is 22.8. The number of benzene rings is 1. The van der Waals surface area contributed by atoms with Gasteiger partial charge in [-0.1, -0.05) is 64.8 Å². The number of unbranched alkanes of at least 4 members (excludes halogenated alkanes) is 3. The second-order valence-electron chi connectivity index (χ2n) is 9.92. The van der Waals surface area contributed by atoms with Gasteiger partial charge in [-0.2, -0.15) is 4.99 Å². The fraction of sp³-hybridized carbons (Fsp3) is 0.533. The zero-order valence-corrected chi connectivity index (χ0v) is 22.8. The highest BCUT2D eigenvalue weighted by Crippen LogP contribution is 2.28. The minimum Gasteiger partial charge on any atom is -0.507 e. The van der Waals surface area contributed by atoms with Crippen LogP contribution in [0, 0.1) is 11.8 Å². The maximum Gasteiger partial charge on any atom is 0.432 e. The van der Waals surface area contributed by atoms with Crippen molar-refractivity contribution in [3.8, 4) is 5.75 Å². The van der Waals surface area contributed by atoms with Crippen LogP contribution in [0.2, 0.25) is 0 Å². The van der Waals surface area contributed by atoms with Gasteiger partial charge in [0.05, 0.1) is 7.11 Å². The number of methoxy groups -OCH3 is 1. The summed E-state index contributed by atoms with van der Waals surface area (Å²) in [5, 5.41) is 10.6. The van der Waals surface area contributed by atoms with E-state index in [1.807, 2.05) is 13.8 Å². The highest BCUT2D eigenvalue weighted by atomic mass is 16.5. The van der Waals surface area contributed by atoms with Crippen molar-refractivity contribution in [1.82, 2.24) is 0 Å². The number of aromatic hydroxyl groups is 1. The Kier molecular flexibility index (Phi) is 12.3. The molecule has 1 aromatic heterocycles. The normalized spacial score (nSPS) is 13.9. The minimum absolute atomic E-state index is 0.0255. The molecule has 2 rings (SSSR count).